The SMILES string of the molecule is COc1ccccc1Cn1c(CN2CCN(Cc3ccc4c(c3)OCO4)CC2)nc2cc(C(F)(F)F)ccc21. The van der Waals surface area contributed by atoms with Crippen LogP contribution >= 0.6 is 0 Å². The monoisotopic (exact) mass is 538 g/mol. The van der Waals surface area contributed by atoms with Crippen molar-refractivity contribution >= 4 is 11.0 Å². The maximum atomic E-state index is 13.4. The molecule has 7 nitrogen and oxygen atoms in total. The molecule has 0 radical (unpaired) electrons. The zero-order valence-electron chi connectivity index (χ0n) is 21.6. The van der Waals surface area contributed by atoms with E-state index in [2.05, 4.69) is 15.9 Å². The number of imidazole rings is 1. The lowest BCUT2D eigenvalue weighted by atomic mass is 10.1. The molecule has 10 heteroatoms. The van der Waals surface area contributed by atoms with E-state index in [1.807, 2.05) is 41.0 Å². The summed E-state index contributed by atoms with van der Waals surface area (Å²) in [6.45, 7) is 5.48. The second kappa shape index (κ2) is 10.4. The zero-order valence-corrected chi connectivity index (χ0v) is 21.6. The molecule has 0 N–H and O–H groups in total. The molecule has 6 rings (SSSR count). The molecule has 1 aromatic heterocycles. The fourth-order valence-electron chi connectivity index (χ4n) is 5.26. The molecule has 2 aliphatic heterocycles. The van der Waals surface area contributed by atoms with Crippen LogP contribution in [0, 0.1) is 0 Å². The predicted molar refractivity (Wildman–Crippen MR) is 140 cm³/mol. The average Bonchev–Trinajstić information content (AvgIpc) is 3.53. The van der Waals surface area contributed by atoms with E-state index >= 15 is 0 Å². The van der Waals surface area contributed by atoms with Crippen molar-refractivity contribution in [2.75, 3.05) is 40.1 Å². The summed E-state index contributed by atoms with van der Waals surface area (Å²) in [6.07, 6.45) is -4.42. The van der Waals surface area contributed by atoms with E-state index in [0.717, 1.165) is 73.5 Å². The average molecular weight is 539 g/mol. The van der Waals surface area contributed by atoms with E-state index in [-0.39, 0.29) is 6.79 Å². The van der Waals surface area contributed by atoms with E-state index in [1.165, 1.54) is 11.6 Å². The highest BCUT2D eigenvalue weighted by molar-refractivity contribution is 5.77. The molecule has 0 saturated carbocycles. The first-order chi connectivity index (χ1) is 18.9. The second-order valence-corrected chi connectivity index (χ2v) is 9.87. The molecule has 0 spiro atoms. The maximum Gasteiger partial charge on any atom is 0.416 e. The van der Waals surface area contributed by atoms with Crippen LogP contribution in [0.15, 0.2) is 60.7 Å². The van der Waals surface area contributed by atoms with E-state index in [0.29, 0.717) is 24.1 Å². The molecule has 0 atom stereocenters. The molecular weight excluding hydrogens is 509 g/mol. The Hall–Kier alpha value is -3.76. The summed E-state index contributed by atoms with van der Waals surface area (Å²) in [5.74, 6) is 3.03. The number of rotatable bonds is 7. The summed E-state index contributed by atoms with van der Waals surface area (Å²) < 4.78 is 58.7. The Balaban J connectivity index is 1.20. The van der Waals surface area contributed by atoms with Gasteiger partial charge in [-0.05, 0) is 42.0 Å². The zero-order chi connectivity index (χ0) is 27.0. The van der Waals surface area contributed by atoms with Crippen LogP contribution in [0.1, 0.15) is 22.5 Å². The highest BCUT2D eigenvalue weighted by Gasteiger charge is 2.31. The number of piperazine rings is 1. The lowest BCUT2D eigenvalue weighted by molar-refractivity contribution is -0.137. The Morgan fingerprint density at radius 3 is 2.36 bits per heavy atom. The summed E-state index contributed by atoms with van der Waals surface area (Å²) in [4.78, 5) is 9.39. The number of aromatic nitrogens is 2. The Labute approximate surface area is 224 Å². The van der Waals surface area contributed by atoms with Gasteiger partial charge in [0.05, 0.1) is 36.8 Å². The van der Waals surface area contributed by atoms with Gasteiger partial charge < -0.3 is 18.8 Å². The Kier molecular flexibility index (Phi) is 6.82. The van der Waals surface area contributed by atoms with Gasteiger partial charge in [0.1, 0.15) is 11.6 Å². The molecule has 1 saturated heterocycles. The molecule has 0 amide bonds. The van der Waals surface area contributed by atoms with Crippen LogP contribution in [0.2, 0.25) is 0 Å². The molecule has 0 bridgehead atoms. The summed E-state index contributed by atoms with van der Waals surface area (Å²) >= 11 is 0. The number of hydrogen-bond acceptors (Lipinski definition) is 6. The molecule has 3 aromatic carbocycles. The Morgan fingerprint density at radius 2 is 1.59 bits per heavy atom. The first kappa shape index (κ1) is 25.5. The summed E-state index contributed by atoms with van der Waals surface area (Å²) in [5.41, 5.74) is 2.43. The number of halogens is 3. The predicted octanol–water partition coefficient (Wildman–Crippen LogP) is 5.16. The molecule has 2 aliphatic rings. The van der Waals surface area contributed by atoms with Crippen LogP contribution in [0.25, 0.3) is 11.0 Å². The number of hydrogen-bond donors (Lipinski definition) is 0. The number of para-hydroxylation sites is 1. The minimum atomic E-state index is -4.42. The smallest absolute Gasteiger partial charge is 0.416 e. The van der Waals surface area contributed by atoms with Gasteiger partial charge in [0.25, 0.3) is 0 Å². The first-order valence-corrected chi connectivity index (χ1v) is 12.9. The van der Waals surface area contributed by atoms with Crippen molar-refractivity contribution in [2.24, 2.45) is 0 Å². The standard InChI is InChI=1S/C29H29F3N4O3/c1-37-25-5-3-2-4-21(25)17-36-24-8-7-22(29(30,31)32)15-23(24)33-28(36)18-35-12-10-34(11-13-35)16-20-6-9-26-27(14-20)39-19-38-26/h2-9,14-15H,10-13,16-19H2,1H3. The van der Waals surface area contributed by atoms with Crippen molar-refractivity contribution < 1.29 is 27.4 Å². The van der Waals surface area contributed by atoms with Gasteiger partial charge in [-0.3, -0.25) is 9.80 Å². The van der Waals surface area contributed by atoms with Gasteiger partial charge in [0.15, 0.2) is 11.5 Å². The number of fused-ring (bicyclic) bond motifs is 2. The van der Waals surface area contributed by atoms with Crippen molar-refractivity contribution in [2.45, 2.75) is 25.8 Å². The Bertz CT molecular complexity index is 1480. The number of ether oxygens (including phenoxy) is 3. The van der Waals surface area contributed by atoms with Gasteiger partial charge in [-0.2, -0.15) is 13.2 Å². The van der Waals surface area contributed by atoms with E-state index in [1.54, 1.807) is 7.11 Å². The molecule has 3 heterocycles. The first-order valence-electron chi connectivity index (χ1n) is 12.9. The van der Waals surface area contributed by atoms with Gasteiger partial charge >= 0.3 is 6.18 Å². The van der Waals surface area contributed by atoms with Crippen LogP contribution in [0.5, 0.6) is 17.2 Å². The molecule has 0 unspecified atom stereocenters. The van der Waals surface area contributed by atoms with Crippen molar-refractivity contribution in [3.63, 3.8) is 0 Å². The molecule has 1 fully saturated rings. The normalized spacial score (nSPS) is 16.2. The maximum absolute atomic E-state index is 13.4. The van der Waals surface area contributed by atoms with Gasteiger partial charge in [0.2, 0.25) is 6.79 Å². The van der Waals surface area contributed by atoms with Crippen LogP contribution in [-0.2, 0) is 25.8 Å². The van der Waals surface area contributed by atoms with Crippen molar-refractivity contribution in [3.8, 4) is 17.2 Å². The third-order valence-electron chi connectivity index (χ3n) is 7.35. The van der Waals surface area contributed by atoms with Crippen molar-refractivity contribution in [1.82, 2.24) is 19.4 Å². The summed E-state index contributed by atoms with van der Waals surface area (Å²) in [7, 11) is 1.62. The molecule has 0 aliphatic carbocycles. The number of benzene rings is 3. The van der Waals surface area contributed by atoms with Gasteiger partial charge in [-0.15, -0.1) is 0 Å². The second-order valence-electron chi connectivity index (χ2n) is 9.87. The minimum absolute atomic E-state index is 0.261. The third kappa shape index (κ3) is 5.39. The van der Waals surface area contributed by atoms with Crippen LogP contribution < -0.4 is 14.2 Å². The fraction of sp³-hybridized carbons (Fsp3) is 0.345. The minimum Gasteiger partial charge on any atom is -0.496 e. The van der Waals surface area contributed by atoms with Crippen LogP contribution in [-0.4, -0.2) is 59.4 Å². The summed E-state index contributed by atoms with van der Waals surface area (Å²) in [5, 5.41) is 0. The molecular formula is C29H29F3N4O3. The molecule has 39 heavy (non-hydrogen) atoms. The lowest BCUT2D eigenvalue weighted by Gasteiger charge is -2.34. The third-order valence-corrected chi connectivity index (χ3v) is 7.35. The quantitative estimate of drug-likeness (QED) is 0.324. The summed E-state index contributed by atoms with van der Waals surface area (Å²) in [6, 6.07) is 17.5. The topological polar surface area (TPSA) is 52.0 Å². The highest BCUT2D eigenvalue weighted by Crippen LogP contribution is 2.34. The van der Waals surface area contributed by atoms with E-state index in [4.69, 9.17) is 19.2 Å². The molecule has 4 aromatic rings. The fourth-order valence-corrected chi connectivity index (χ4v) is 5.26. The van der Waals surface area contributed by atoms with Gasteiger partial charge in [-0.25, -0.2) is 4.98 Å². The van der Waals surface area contributed by atoms with E-state index in [9.17, 15) is 13.2 Å². The lowest BCUT2D eigenvalue weighted by Crippen LogP contribution is -2.45. The largest absolute Gasteiger partial charge is 0.496 e. The van der Waals surface area contributed by atoms with Crippen LogP contribution in [0.3, 0.4) is 0 Å². The number of methoxy groups -OCH3 is 1. The Morgan fingerprint density at radius 1 is 0.846 bits per heavy atom. The van der Waals surface area contributed by atoms with Crippen LogP contribution in [0.4, 0.5) is 13.2 Å². The van der Waals surface area contributed by atoms with E-state index < -0.39 is 11.7 Å². The number of alkyl halides is 3. The number of nitrogens with zero attached hydrogens (tertiary/aromatic N) is 4. The highest BCUT2D eigenvalue weighted by atomic mass is 19.4. The van der Waals surface area contributed by atoms with Gasteiger partial charge in [0, 0.05) is 38.3 Å². The van der Waals surface area contributed by atoms with Gasteiger partial charge in [-0.1, -0.05) is 24.3 Å². The molecule has 204 valence electrons. The van der Waals surface area contributed by atoms with Crippen molar-refractivity contribution in [3.05, 3.63) is 83.2 Å². The van der Waals surface area contributed by atoms with Crippen molar-refractivity contribution in [1.29, 1.82) is 0 Å².